The molecule has 1 aromatic rings. The molecule has 4 nitrogen and oxygen atoms in total. The summed E-state index contributed by atoms with van der Waals surface area (Å²) in [4.78, 5) is -0.224. The Balaban J connectivity index is 2.27. The fourth-order valence-electron chi connectivity index (χ4n) is 2.26. The quantitative estimate of drug-likeness (QED) is 0.842. The van der Waals surface area contributed by atoms with Crippen molar-refractivity contribution in [2.24, 2.45) is 0 Å². The summed E-state index contributed by atoms with van der Waals surface area (Å²) < 4.78 is 39.1. The second-order valence-electron chi connectivity index (χ2n) is 4.79. The molecule has 0 radical (unpaired) electrons. The van der Waals surface area contributed by atoms with Crippen LogP contribution in [0.4, 0.5) is 4.39 Å². The van der Waals surface area contributed by atoms with E-state index in [1.165, 1.54) is 22.1 Å². The Kier molecular flexibility index (Phi) is 4.83. The Morgan fingerprint density at radius 1 is 1.43 bits per heavy atom. The number of nitrogens with zero attached hydrogens (tertiary/aromatic N) is 2. The first-order valence-corrected chi connectivity index (χ1v) is 9.30. The van der Waals surface area contributed by atoms with Crippen LogP contribution >= 0.6 is 23.4 Å². The summed E-state index contributed by atoms with van der Waals surface area (Å²) >= 11 is 7.32. The zero-order valence-corrected chi connectivity index (χ0v) is 13.7. The van der Waals surface area contributed by atoms with E-state index in [0.717, 1.165) is 12.1 Å². The lowest BCUT2D eigenvalue weighted by molar-refractivity contribution is 0.327. The first-order chi connectivity index (χ1) is 9.84. The molecule has 0 amide bonds. The topological polar surface area (TPSA) is 61.2 Å². The van der Waals surface area contributed by atoms with Crippen LogP contribution in [-0.4, -0.2) is 36.8 Å². The first-order valence-electron chi connectivity index (χ1n) is 6.26. The lowest BCUT2D eigenvalue weighted by Gasteiger charge is -2.35. The Labute approximate surface area is 132 Å². The van der Waals surface area contributed by atoms with Gasteiger partial charge in [0.1, 0.15) is 15.5 Å². The zero-order valence-electron chi connectivity index (χ0n) is 11.3. The Hall–Kier alpha value is -0.810. The number of nitriles is 1. The molecule has 1 fully saturated rings. The van der Waals surface area contributed by atoms with Crippen molar-refractivity contribution >= 4 is 33.4 Å². The standard InChI is InChI=1S/C13H14ClFN2O2S2/c1-20-13(9-16)4-6-17(7-5-13)21(18,19)12-8-10(15)2-3-11(12)14/h2-3,8H,4-7H2,1H3. The van der Waals surface area contributed by atoms with E-state index in [1.54, 1.807) is 0 Å². The van der Waals surface area contributed by atoms with E-state index in [4.69, 9.17) is 11.6 Å². The molecule has 0 atom stereocenters. The molecular formula is C13H14ClFN2O2S2. The number of piperidine rings is 1. The van der Waals surface area contributed by atoms with Gasteiger partial charge < -0.3 is 0 Å². The van der Waals surface area contributed by atoms with Gasteiger partial charge in [-0.3, -0.25) is 0 Å². The number of halogens is 2. The highest BCUT2D eigenvalue weighted by molar-refractivity contribution is 8.00. The third-order valence-corrected chi connectivity index (χ3v) is 7.30. The molecule has 0 aliphatic carbocycles. The molecule has 0 spiro atoms. The van der Waals surface area contributed by atoms with Crippen molar-refractivity contribution in [3.8, 4) is 6.07 Å². The molecule has 1 aliphatic heterocycles. The molecule has 2 rings (SSSR count). The van der Waals surface area contributed by atoms with E-state index in [2.05, 4.69) is 6.07 Å². The normalized spacial score (nSPS) is 19.1. The number of sulfonamides is 1. The van der Waals surface area contributed by atoms with E-state index >= 15 is 0 Å². The summed E-state index contributed by atoms with van der Waals surface area (Å²) in [5.74, 6) is -0.648. The first kappa shape index (κ1) is 16.6. The number of hydrogen-bond donors (Lipinski definition) is 0. The molecule has 0 unspecified atom stereocenters. The highest BCUT2D eigenvalue weighted by Crippen LogP contribution is 2.36. The highest BCUT2D eigenvalue weighted by atomic mass is 35.5. The highest BCUT2D eigenvalue weighted by Gasteiger charge is 2.38. The summed E-state index contributed by atoms with van der Waals surface area (Å²) in [6, 6.07) is 5.53. The van der Waals surface area contributed by atoms with E-state index in [1.807, 2.05) is 6.26 Å². The predicted octanol–water partition coefficient (Wildman–Crippen LogP) is 2.89. The van der Waals surface area contributed by atoms with Crippen LogP contribution < -0.4 is 0 Å². The monoisotopic (exact) mass is 348 g/mol. The van der Waals surface area contributed by atoms with Crippen molar-refractivity contribution in [2.75, 3.05) is 19.3 Å². The molecule has 114 valence electrons. The zero-order chi connectivity index (χ0) is 15.7. The van der Waals surface area contributed by atoms with E-state index in [-0.39, 0.29) is 23.0 Å². The number of rotatable bonds is 3. The van der Waals surface area contributed by atoms with Gasteiger partial charge in [0.05, 0.1) is 11.1 Å². The second-order valence-corrected chi connectivity index (χ2v) is 8.29. The summed E-state index contributed by atoms with van der Waals surface area (Å²) in [5.41, 5.74) is 0. The Morgan fingerprint density at radius 2 is 2.05 bits per heavy atom. The van der Waals surface area contributed by atoms with Gasteiger partial charge >= 0.3 is 0 Å². The SMILES string of the molecule is CSC1(C#N)CCN(S(=O)(=O)c2cc(F)ccc2Cl)CC1. The van der Waals surface area contributed by atoms with E-state index in [9.17, 15) is 18.1 Å². The fourth-order valence-corrected chi connectivity index (χ4v) is 4.87. The smallest absolute Gasteiger partial charge is 0.207 e. The van der Waals surface area contributed by atoms with Gasteiger partial charge in [-0.1, -0.05) is 11.6 Å². The molecule has 1 heterocycles. The number of hydrogen-bond acceptors (Lipinski definition) is 4. The average Bonchev–Trinajstić information content (AvgIpc) is 2.49. The summed E-state index contributed by atoms with van der Waals surface area (Å²) in [6.45, 7) is 0.452. The molecule has 21 heavy (non-hydrogen) atoms. The molecule has 1 aromatic carbocycles. The van der Waals surface area contributed by atoms with Gasteiger partial charge in [-0.15, -0.1) is 11.8 Å². The summed E-state index contributed by atoms with van der Waals surface area (Å²) in [6.07, 6.45) is 2.73. The molecule has 8 heteroatoms. The van der Waals surface area contributed by atoms with Crippen molar-refractivity contribution in [1.82, 2.24) is 4.31 Å². The van der Waals surface area contributed by atoms with E-state index in [0.29, 0.717) is 12.8 Å². The van der Waals surface area contributed by atoms with Crippen molar-refractivity contribution in [3.05, 3.63) is 29.0 Å². The third kappa shape index (κ3) is 3.19. The van der Waals surface area contributed by atoms with Gasteiger partial charge in [-0.25, -0.2) is 12.8 Å². The maximum atomic E-state index is 13.3. The molecule has 0 bridgehead atoms. The Bertz CT molecular complexity index is 680. The van der Waals surface area contributed by atoms with Crippen molar-refractivity contribution in [3.63, 3.8) is 0 Å². The van der Waals surface area contributed by atoms with Crippen LogP contribution in [-0.2, 0) is 10.0 Å². The Morgan fingerprint density at radius 3 is 2.57 bits per heavy atom. The van der Waals surface area contributed by atoms with Crippen LogP contribution in [0.5, 0.6) is 0 Å². The van der Waals surface area contributed by atoms with Gasteiger partial charge in [-0.05, 0) is 37.3 Å². The molecule has 0 saturated carbocycles. The molecule has 1 saturated heterocycles. The van der Waals surface area contributed by atoms with Crippen molar-refractivity contribution < 1.29 is 12.8 Å². The van der Waals surface area contributed by atoms with Crippen LogP contribution in [0, 0.1) is 17.1 Å². The van der Waals surface area contributed by atoms with Crippen LogP contribution in [0.2, 0.25) is 5.02 Å². The molecule has 0 aromatic heterocycles. The van der Waals surface area contributed by atoms with E-state index < -0.39 is 20.6 Å². The summed E-state index contributed by atoms with van der Waals surface area (Å²) in [7, 11) is -3.84. The van der Waals surface area contributed by atoms with Gasteiger partial charge in [0.15, 0.2) is 0 Å². The van der Waals surface area contributed by atoms with Crippen LogP contribution in [0.15, 0.2) is 23.1 Å². The van der Waals surface area contributed by atoms with Crippen molar-refractivity contribution in [1.29, 1.82) is 5.26 Å². The second kappa shape index (κ2) is 6.13. The van der Waals surface area contributed by atoms with Crippen molar-refractivity contribution in [2.45, 2.75) is 22.5 Å². The van der Waals surface area contributed by atoms with Gasteiger partial charge in [0, 0.05) is 13.1 Å². The number of benzene rings is 1. The molecular weight excluding hydrogens is 335 g/mol. The minimum absolute atomic E-state index is 0.00149. The lowest BCUT2D eigenvalue weighted by Crippen LogP contribution is -2.44. The maximum Gasteiger partial charge on any atom is 0.244 e. The fraction of sp³-hybridized carbons (Fsp3) is 0.462. The minimum Gasteiger partial charge on any atom is -0.207 e. The van der Waals surface area contributed by atoms with Gasteiger partial charge in [0.2, 0.25) is 10.0 Å². The lowest BCUT2D eigenvalue weighted by atomic mass is 9.99. The molecule has 1 aliphatic rings. The third-order valence-electron chi connectivity index (χ3n) is 3.64. The van der Waals surface area contributed by atoms with Crippen LogP contribution in [0.3, 0.4) is 0 Å². The van der Waals surface area contributed by atoms with Gasteiger partial charge in [-0.2, -0.15) is 9.57 Å². The maximum absolute atomic E-state index is 13.3. The average molecular weight is 349 g/mol. The minimum atomic E-state index is -3.84. The van der Waals surface area contributed by atoms with Crippen LogP contribution in [0.1, 0.15) is 12.8 Å². The van der Waals surface area contributed by atoms with Crippen LogP contribution in [0.25, 0.3) is 0 Å². The largest absolute Gasteiger partial charge is 0.244 e. The van der Waals surface area contributed by atoms with Gasteiger partial charge in [0.25, 0.3) is 0 Å². The predicted molar refractivity (Wildman–Crippen MR) is 81.3 cm³/mol. The summed E-state index contributed by atoms with van der Waals surface area (Å²) in [5, 5.41) is 9.22. The number of thioether (sulfide) groups is 1. The molecule has 0 N–H and O–H groups in total.